The lowest BCUT2D eigenvalue weighted by Crippen LogP contribution is -2.29. The van der Waals surface area contributed by atoms with Gasteiger partial charge in [0, 0.05) is 44.5 Å². The molecule has 0 spiro atoms. The first-order valence-electron chi connectivity index (χ1n) is 19.2. The van der Waals surface area contributed by atoms with Gasteiger partial charge < -0.3 is 14.6 Å². The molecule has 268 valence electrons. The largest absolute Gasteiger partial charge is 0.466 e. The van der Waals surface area contributed by atoms with Gasteiger partial charge in [0.1, 0.15) is 0 Å². The van der Waals surface area contributed by atoms with Crippen molar-refractivity contribution in [1.82, 2.24) is 14.7 Å². The van der Waals surface area contributed by atoms with Crippen LogP contribution in [0.15, 0.2) is 12.4 Å². The van der Waals surface area contributed by atoms with Gasteiger partial charge in [-0.15, -0.1) is 0 Å². The van der Waals surface area contributed by atoms with Crippen LogP contribution >= 0.6 is 0 Å². The van der Waals surface area contributed by atoms with Gasteiger partial charge in [0.05, 0.1) is 32.3 Å². The Labute approximate surface area is 282 Å². The van der Waals surface area contributed by atoms with Crippen LogP contribution in [0.1, 0.15) is 174 Å². The topological polar surface area (TPSA) is 93.9 Å². The number of ether oxygens (including phenoxy) is 2. The van der Waals surface area contributed by atoms with Crippen molar-refractivity contribution in [2.24, 2.45) is 0 Å². The van der Waals surface area contributed by atoms with Gasteiger partial charge in [0.15, 0.2) is 0 Å². The van der Waals surface area contributed by atoms with Crippen molar-refractivity contribution in [2.75, 3.05) is 32.9 Å². The summed E-state index contributed by atoms with van der Waals surface area (Å²) in [5.74, 6) is -0.353. The highest BCUT2D eigenvalue weighted by atomic mass is 16.5. The lowest BCUT2D eigenvalue weighted by Gasteiger charge is -2.21. The van der Waals surface area contributed by atoms with E-state index in [1.165, 1.54) is 103 Å². The van der Waals surface area contributed by atoms with Gasteiger partial charge in [-0.25, -0.2) is 0 Å². The molecule has 0 aliphatic rings. The Balaban J connectivity index is 2.31. The molecule has 0 saturated carbocycles. The number of aryl methyl sites for hydroxylation is 1. The van der Waals surface area contributed by atoms with Gasteiger partial charge in [-0.05, 0) is 25.7 Å². The molecule has 0 bridgehead atoms. The monoisotopic (exact) mass is 650 g/mol. The van der Waals surface area contributed by atoms with Crippen LogP contribution < -0.4 is 0 Å². The third-order valence-electron chi connectivity index (χ3n) is 8.67. The molecule has 1 aromatic rings. The number of unbranched alkanes of at least 4 members (excludes halogenated alkanes) is 19. The maximum atomic E-state index is 12.5. The molecule has 8 heteroatoms. The van der Waals surface area contributed by atoms with Crippen LogP contribution in [0.2, 0.25) is 0 Å². The van der Waals surface area contributed by atoms with Crippen LogP contribution in [0.4, 0.5) is 0 Å². The van der Waals surface area contributed by atoms with Gasteiger partial charge in [-0.3, -0.25) is 19.2 Å². The van der Waals surface area contributed by atoms with Crippen molar-refractivity contribution in [3.63, 3.8) is 0 Å². The third-order valence-corrected chi connectivity index (χ3v) is 8.67. The molecule has 0 aliphatic carbocycles. The van der Waals surface area contributed by atoms with Crippen molar-refractivity contribution in [3.05, 3.63) is 18.0 Å². The van der Waals surface area contributed by atoms with E-state index in [0.29, 0.717) is 45.7 Å². The van der Waals surface area contributed by atoms with Gasteiger partial charge in [-0.1, -0.05) is 129 Å². The highest BCUT2D eigenvalue weighted by molar-refractivity contribution is 5.70. The average Bonchev–Trinajstić information content (AvgIpc) is 3.50. The van der Waals surface area contributed by atoms with Crippen LogP contribution in [0.25, 0.3) is 0 Å². The van der Waals surface area contributed by atoms with Crippen molar-refractivity contribution in [2.45, 2.75) is 181 Å². The van der Waals surface area contributed by atoms with Crippen LogP contribution in [0.3, 0.4) is 0 Å². The summed E-state index contributed by atoms with van der Waals surface area (Å²) in [7, 11) is 0. The molecule has 0 saturated heterocycles. The number of hydrogen-bond acceptors (Lipinski definition) is 7. The average molecular weight is 650 g/mol. The molecule has 1 aromatic heterocycles. The Morgan fingerprint density at radius 2 is 1.09 bits per heavy atom. The van der Waals surface area contributed by atoms with E-state index in [9.17, 15) is 9.59 Å². The zero-order valence-corrected chi connectivity index (χ0v) is 30.0. The number of esters is 2. The Morgan fingerprint density at radius 1 is 0.652 bits per heavy atom. The summed E-state index contributed by atoms with van der Waals surface area (Å²) >= 11 is 0. The summed E-state index contributed by atoms with van der Waals surface area (Å²) in [4.78, 5) is 27.1. The number of nitrogens with zero attached hydrogens (tertiary/aromatic N) is 3. The van der Waals surface area contributed by atoms with E-state index < -0.39 is 0 Å². The van der Waals surface area contributed by atoms with Gasteiger partial charge >= 0.3 is 11.9 Å². The predicted octanol–water partition coefficient (Wildman–Crippen LogP) is 9.17. The summed E-state index contributed by atoms with van der Waals surface area (Å²) in [5, 5.41) is 13.5. The lowest BCUT2D eigenvalue weighted by molar-refractivity contribution is -0.144. The smallest absolute Gasteiger partial charge is 0.307 e. The van der Waals surface area contributed by atoms with Gasteiger partial charge in [0.2, 0.25) is 0 Å². The second-order valence-corrected chi connectivity index (χ2v) is 13.1. The molecule has 0 fully saturated rings. The SMILES string of the molecule is CCCCCCCCCCCCOC(=O)CCN(CCC(=O)OCCCCCCCCCCCC)Cc1cnn(CCCCO)c1. The maximum Gasteiger partial charge on any atom is 0.307 e. The minimum Gasteiger partial charge on any atom is -0.466 e. The Kier molecular flexibility index (Phi) is 29.0. The van der Waals surface area contributed by atoms with Crippen LogP contribution in [0.5, 0.6) is 0 Å². The number of aliphatic hydroxyl groups excluding tert-OH is 1. The zero-order chi connectivity index (χ0) is 33.3. The molecule has 1 heterocycles. The Hall–Kier alpha value is -1.93. The van der Waals surface area contributed by atoms with E-state index in [-0.39, 0.29) is 18.5 Å². The molecule has 0 aromatic carbocycles. The number of carbonyl (C=O) groups excluding carboxylic acids is 2. The van der Waals surface area contributed by atoms with Crippen molar-refractivity contribution in [1.29, 1.82) is 0 Å². The van der Waals surface area contributed by atoms with Crippen LogP contribution in [0, 0.1) is 0 Å². The normalized spacial score (nSPS) is 11.4. The number of aliphatic hydroxyl groups is 1. The first-order chi connectivity index (χ1) is 22.6. The van der Waals surface area contributed by atoms with E-state index >= 15 is 0 Å². The number of hydrogen-bond donors (Lipinski definition) is 1. The predicted molar refractivity (Wildman–Crippen MR) is 189 cm³/mol. The molecule has 0 atom stereocenters. The van der Waals surface area contributed by atoms with Gasteiger partial charge in [-0.2, -0.15) is 5.10 Å². The standard InChI is InChI=1S/C38H71N3O5/c1-3-5-7-9-11-13-15-17-19-23-31-45-37(43)25-28-40(34-36-33-39-41(35-36)27-21-22-30-42)29-26-38(44)46-32-24-20-18-16-14-12-10-8-6-4-2/h33,35,42H,3-32,34H2,1-2H3. The van der Waals surface area contributed by atoms with Crippen LogP contribution in [-0.2, 0) is 32.2 Å². The van der Waals surface area contributed by atoms with Crippen molar-refractivity contribution in [3.8, 4) is 0 Å². The summed E-state index contributed by atoms with van der Waals surface area (Å²) in [6.45, 7) is 8.09. The van der Waals surface area contributed by atoms with E-state index in [0.717, 1.165) is 50.6 Å². The summed E-state index contributed by atoms with van der Waals surface area (Å²) in [6, 6.07) is 0. The molecular formula is C38H71N3O5. The number of aromatic nitrogens is 2. The summed E-state index contributed by atoms with van der Waals surface area (Å²) in [5.41, 5.74) is 1.04. The van der Waals surface area contributed by atoms with Crippen molar-refractivity contribution >= 4 is 11.9 Å². The highest BCUT2D eigenvalue weighted by Gasteiger charge is 2.14. The molecule has 0 aliphatic heterocycles. The maximum absolute atomic E-state index is 12.5. The summed E-state index contributed by atoms with van der Waals surface area (Å²) in [6.07, 6.45) is 31.2. The quantitative estimate of drug-likeness (QED) is 0.0588. The molecule has 1 rings (SSSR count). The molecule has 8 nitrogen and oxygen atoms in total. The fourth-order valence-electron chi connectivity index (χ4n) is 5.72. The first-order valence-corrected chi connectivity index (χ1v) is 19.2. The minimum absolute atomic E-state index is 0.177. The summed E-state index contributed by atoms with van der Waals surface area (Å²) < 4.78 is 12.9. The van der Waals surface area contributed by atoms with Crippen molar-refractivity contribution < 1.29 is 24.2 Å². The molecule has 0 amide bonds. The fourth-order valence-corrected chi connectivity index (χ4v) is 5.72. The second kappa shape index (κ2) is 31.7. The molecule has 1 N–H and O–H groups in total. The zero-order valence-electron chi connectivity index (χ0n) is 30.0. The molecule has 46 heavy (non-hydrogen) atoms. The lowest BCUT2D eigenvalue weighted by atomic mass is 10.1. The minimum atomic E-state index is -0.177. The Morgan fingerprint density at radius 3 is 1.52 bits per heavy atom. The number of carbonyl (C=O) groups is 2. The molecule has 0 unspecified atom stereocenters. The first kappa shape index (κ1) is 42.1. The van der Waals surface area contributed by atoms with Crippen LogP contribution in [-0.4, -0.2) is 64.6 Å². The van der Waals surface area contributed by atoms with E-state index in [1.807, 2.05) is 17.1 Å². The molecule has 0 radical (unpaired) electrons. The highest BCUT2D eigenvalue weighted by Crippen LogP contribution is 2.13. The van der Waals surface area contributed by atoms with E-state index in [4.69, 9.17) is 14.6 Å². The molecular weight excluding hydrogens is 578 g/mol. The third kappa shape index (κ3) is 26.2. The van der Waals surface area contributed by atoms with Gasteiger partial charge in [0.25, 0.3) is 0 Å². The van der Waals surface area contributed by atoms with E-state index in [2.05, 4.69) is 23.8 Å². The number of rotatable bonds is 34. The fraction of sp³-hybridized carbons (Fsp3) is 0.868. The van der Waals surface area contributed by atoms with E-state index in [1.54, 1.807) is 0 Å². The second-order valence-electron chi connectivity index (χ2n) is 13.1. The Bertz CT molecular complexity index is 789.